The molecule has 4 heterocycles. The summed E-state index contributed by atoms with van der Waals surface area (Å²) in [6, 6.07) is 4.02. The molecule has 6 heteroatoms. The fourth-order valence-electron chi connectivity index (χ4n) is 3.73. The molecule has 4 rings (SSSR count). The number of ether oxygens (including phenoxy) is 2. The van der Waals surface area contributed by atoms with Crippen molar-refractivity contribution in [1.82, 2.24) is 19.7 Å². The third-order valence-corrected chi connectivity index (χ3v) is 4.87. The third-order valence-electron chi connectivity index (χ3n) is 4.87. The van der Waals surface area contributed by atoms with Crippen molar-refractivity contribution in [1.29, 1.82) is 0 Å². The van der Waals surface area contributed by atoms with Crippen LogP contribution in [0.3, 0.4) is 0 Å². The van der Waals surface area contributed by atoms with E-state index in [0.717, 1.165) is 39.1 Å². The summed E-state index contributed by atoms with van der Waals surface area (Å²) < 4.78 is 14.1. The Morgan fingerprint density at radius 3 is 2.88 bits per heavy atom. The zero-order valence-corrected chi connectivity index (χ0v) is 14.1. The number of nitrogens with zero attached hydrogens (tertiary/aromatic N) is 4. The lowest BCUT2D eigenvalue weighted by Gasteiger charge is -2.53. The summed E-state index contributed by atoms with van der Waals surface area (Å²) in [5.74, 6) is 0. The fourth-order valence-corrected chi connectivity index (χ4v) is 3.73. The lowest BCUT2D eigenvalue weighted by atomic mass is 9.84. The molecule has 2 fully saturated rings. The number of hydrogen-bond acceptors (Lipinski definition) is 5. The van der Waals surface area contributed by atoms with Gasteiger partial charge in [0.15, 0.2) is 0 Å². The summed E-state index contributed by atoms with van der Waals surface area (Å²) in [5, 5.41) is 4.23. The van der Waals surface area contributed by atoms with Gasteiger partial charge in [-0.25, -0.2) is 0 Å². The number of likely N-dealkylation sites (tertiary alicyclic amines) is 1. The molecule has 128 valence electrons. The summed E-state index contributed by atoms with van der Waals surface area (Å²) in [5.41, 5.74) is 2.43. The Morgan fingerprint density at radius 2 is 2.12 bits per heavy atom. The van der Waals surface area contributed by atoms with E-state index < -0.39 is 0 Å². The zero-order valence-electron chi connectivity index (χ0n) is 14.1. The van der Waals surface area contributed by atoms with E-state index in [1.807, 2.05) is 42.5 Å². The van der Waals surface area contributed by atoms with Crippen molar-refractivity contribution < 1.29 is 9.47 Å². The molecule has 2 saturated heterocycles. The van der Waals surface area contributed by atoms with Crippen LogP contribution in [0, 0.1) is 0 Å². The van der Waals surface area contributed by atoms with Gasteiger partial charge in [0.2, 0.25) is 0 Å². The van der Waals surface area contributed by atoms with Crippen LogP contribution in [0.25, 0.3) is 0 Å². The van der Waals surface area contributed by atoms with Crippen molar-refractivity contribution in [3.63, 3.8) is 0 Å². The Hall–Kier alpha value is -1.76. The Balaban J connectivity index is 1.26. The van der Waals surface area contributed by atoms with Crippen LogP contribution in [0.4, 0.5) is 0 Å². The van der Waals surface area contributed by atoms with Gasteiger partial charge < -0.3 is 9.47 Å². The first-order chi connectivity index (χ1) is 11.7. The minimum atomic E-state index is -0.0105. The molecule has 0 aliphatic carbocycles. The molecule has 2 aliphatic heterocycles. The van der Waals surface area contributed by atoms with Gasteiger partial charge in [0, 0.05) is 63.9 Å². The Morgan fingerprint density at radius 1 is 1.29 bits per heavy atom. The molecule has 6 nitrogen and oxygen atoms in total. The summed E-state index contributed by atoms with van der Waals surface area (Å²) in [6.07, 6.45) is 9.89. The van der Waals surface area contributed by atoms with Crippen LogP contribution in [-0.2, 0) is 29.7 Å². The predicted octanol–water partition coefficient (Wildman–Crippen LogP) is 1.77. The van der Waals surface area contributed by atoms with Crippen molar-refractivity contribution in [2.45, 2.75) is 37.7 Å². The SMILES string of the molecule is Cn1cc(CN2CC3(CC(OCc4ccncc4)CCO3)C2)cn1. The van der Waals surface area contributed by atoms with Crippen molar-refractivity contribution >= 4 is 0 Å². The number of aryl methyl sites for hydroxylation is 1. The average molecular weight is 328 g/mol. The van der Waals surface area contributed by atoms with Gasteiger partial charge in [-0.05, 0) is 24.1 Å². The molecule has 0 N–H and O–H groups in total. The average Bonchev–Trinajstić information content (AvgIpc) is 2.98. The van der Waals surface area contributed by atoms with E-state index in [0.29, 0.717) is 6.61 Å². The molecule has 0 bridgehead atoms. The molecule has 1 spiro atoms. The van der Waals surface area contributed by atoms with Crippen molar-refractivity contribution in [3.05, 3.63) is 48.0 Å². The third kappa shape index (κ3) is 3.50. The van der Waals surface area contributed by atoms with E-state index in [2.05, 4.69) is 21.2 Å². The van der Waals surface area contributed by atoms with E-state index >= 15 is 0 Å². The molecular weight excluding hydrogens is 304 g/mol. The van der Waals surface area contributed by atoms with Crippen molar-refractivity contribution in [2.24, 2.45) is 7.05 Å². The lowest BCUT2D eigenvalue weighted by molar-refractivity contribution is -0.200. The number of rotatable bonds is 5. The number of aromatic nitrogens is 3. The Kier molecular flexibility index (Phi) is 4.35. The maximum absolute atomic E-state index is 6.12. The first-order valence-corrected chi connectivity index (χ1v) is 8.55. The van der Waals surface area contributed by atoms with Gasteiger partial charge >= 0.3 is 0 Å². The van der Waals surface area contributed by atoms with E-state index in [-0.39, 0.29) is 11.7 Å². The van der Waals surface area contributed by atoms with Gasteiger partial charge in [-0.3, -0.25) is 14.6 Å². The standard InChI is InChI=1S/C18H24N4O2/c1-21-10-16(9-20-21)11-22-13-18(14-22)8-17(4-7-24-18)23-12-15-2-5-19-6-3-15/h2-3,5-6,9-10,17H,4,7-8,11-14H2,1H3. The van der Waals surface area contributed by atoms with Crippen LogP contribution in [0.1, 0.15) is 24.0 Å². The minimum Gasteiger partial charge on any atom is -0.373 e. The number of pyridine rings is 1. The highest BCUT2D eigenvalue weighted by atomic mass is 16.5. The molecule has 0 amide bonds. The highest BCUT2D eigenvalue weighted by Crippen LogP contribution is 2.36. The maximum Gasteiger partial charge on any atom is 0.0959 e. The van der Waals surface area contributed by atoms with Gasteiger partial charge in [-0.1, -0.05) is 0 Å². The first kappa shape index (κ1) is 15.7. The molecule has 1 unspecified atom stereocenters. The smallest absolute Gasteiger partial charge is 0.0959 e. The maximum atomic E-state index is 6.12. The molecule has 2 aromatic heterocycles. The molecule has 2 aliphatic rings. The normalized spacial score (nSPS) is 23.3. The van der Waals surface area contributed by atoms with Gasteiger partial charge in [-0.2, -0.15) is 5.10 Å². The van der Waals surface area contributed by atoms with Gasteiger partial charge in [0.25, 0.3) is 0 Å². The van der Waals surface area contributed by atoms with Crippen LogP contribution in [0.5, 0.6) is 0 Å². The monoisotopic (exact) mass is 328 g/mol. The molecule has 0 aromatic carbocycles. The van der Waals surface area contributed by atoms with E-state index in [9.17, 15) is 0 Å². The van der Waals surface area contributed by atoms with Crippen LogP contribution in [-0.4, -0.2) is 51.1 Å². The summed E-state index contributed by atoms with van der Waals surface area (Å²) in [4.78, 5) is 6.46. The van der Waals surface area contributed by atoms with Crippen molar-refractivity contribution in [2.75, 3.05) is 19.7 Å². The number of hydrogen-bond donors (Lipinski definition) is 0. The molecule has 0 radical (unpaired) electrons. The summed E-state index contributed by atoms with van der Waals surface area (Å²) >= 11 is 0. The lowest BCUT2D eigenvalue weighted by Crippen LogP contribution is -2.65. The topological polar surface area (TPSA) is 52.4 Å². The quantitative estimate of drug-likeness (QED) is 0.837. The largest absolute Gasteiger partial charge is 0.373 e. The summed E-state index contributed by atoms with van der Waals surface area (Å²) in [6.45, 7) is 4.36. The Labute approximate surface area is 142 Å². The fraction of sp³-hybridized carbons (Fsp3) is 0.556. The molecular formula is C18H24N4O2. The summed E-state index contributed by atoms with van der Waals surface area (Å²) in [7, 11) is 1.95. The van der Waals surface area contributed by atoms with E-state index in [1.165, 1.54) is 11.1 Å². The molecule has 1 atom stereocenters. The van der Waals surface area contributed by atoms with Gasteiger partial charge in [0.1, 0.15) is 0 Å². The molecule has 24 heavy (non-hydrogen) atoms. The highest BCUT2D eigenvalue weighted by molar-refractivity contribution is 5.09. The predicted molar refractivity (Wildman–Crippen MR) is 89.2 cm³/mol. The molecule has 0 saturated carbocycles. The highest BCUT2D eigenvalue weighted by Gasteiger charge is 2.47. The van der Waals surface area contributed by atoms with Crippen LogP contribution < -0.4 is 0 Å². The van der Waals surface area contributed by atoms with E-state index in [4.69, 9.17) is 9.47 Å². The Bertz CT molecular complexity index is 667. The van der Waals surface area contributed by atoms with Crippen LogP contribution in [0.15, 0.2) is 36.9 Å². The minimum absolute atomic E-state index is 0.0105. The van der Waals surface area contributed by atoms with Gasteiger partial charge in [0.05, 0.1) is 24.5 Å². The van der Waals surface area contributed by atoms with E-state index in [1.54, 1.807) is 0 Å². The van der Waals surface area contributed by atoms with Crippen LogP contribution in [0.2, 0.25) is 0 Å². The second-order valence-corrected chi connectivity index (χ2v) is 6.98. The zero-order chi connectivity index (χ0) is 16.4. The second kappa shape index (κ2) is 6.63. The van der Waals surface area contributed by atoms with Gasteiger partial charge in [-0.15, -0.1) is 0 Å². The molecule has 2 aromatic rings. The first-order valence-electron chi connectivity index (χ1n) is 8.55. The second-order valence-electron chi connectivity index (χ2n) is 6.98. The van der Waals surface area contributed by atoms with Crippen molar-refractivity contribution in [3.8, 4) is 0 Å². The van der Waals surface area contributed by atoms with Crippen LogP contribution >= 0.6 is 0 Å².